The molecule has 0 aliphatic heterocycles. The molecule has 0 radical (unpaired) electrons. The molecule has 156 valence electrons. The van der Waals surface area contributed by atoms with Crippen molar-refractivity contribution >= 4 is 10.8 Å². The van der Waals surface area contributed by atoms with E-state index in [4.69, 9.17) is 0 Å². The lowest BCUT2D eigenvalue weighted by atomic mass is 9.81. The summed E-state index contributed by atoms with van der Waals surface area (Å²) in [7, 11) is 2.21. The Morgan fingerprint density at radius 1 is 0.733 bits per heavy atom. The van der Waals surface area contributed by atoms with Crippen molar-refractivity contribution < 1.29 is 4.57 Å². The number of nitrogens with zero attached hydrogens (tertiary/aromatic N) is 1. The van der Waals surface area contributed by atoms with Crippen LogP contribution >= 0.6 is 0 Å². The van der Waals surface area contributed by atoms with Crippen molar-refractivity contribution in [1.29, 1.82) is 0 Å². The van der Waals surface area contributed by atoms with Crippen LogP contribution in [0.2, 0.25) is 0 Å². The molecule has 2 fully saturated rings. The van der Waals surface area contributed by atoms with Crippen LogP contribution in [0.25, 0.3) is 22.0 Å². The summed E-state index contributed by atoms with van der Waals surface area (Å²) in [5, 5.41) is 2.79. The molecule has 1 nitrogen and oxygen atoms in total. The molecule has 2 aliphatic rings. The molecule has 2 saturated carbocycles. The highest BCUT2D eigenvalue weighted by Crippen LogP contribution is 2.39. The first-order chi connectivity index (χ1) is 14.6. The molecule has 0 N–H and O–H groups in total. The summed E-state index contributed by atoms with van der Waals surface area (Å²) in [5.41, 5.74) is 8.78. The fourth-order valence-electron chi connectivity index (χ4n) is 6.04. The molecule has 0 bridgehead atoms. The Morgan fingerprint density at radius 2 is 1.40 bits per heavy atom. The topological polar surface area (TPSA) is 3.88 Å². The standard InChI is InChI=1S/C29H36N/c1-20-17-26(23-9-5-4-6-10-23)19-28(21(20)2)29-27-14-13-24(22-11-7-8-12-22)18-25(27)15-16-30(29)3/h13-19,22-23H,4-12H2,1-3H3/q+1. The third-order valence-electron chi connectivity index (χ3n) is 8.01. The molecule has 2 aromatic carbocycles. The van der Waals surface area contributed by atoms with Crippen molar-refractivity contribution in [2.75, 3.05) is 0 Å². The van der Waals surface area contributed by atoms with Gasteiger partial charge < -0.3 is 0 Å². The van der Waals surface area contributed by atoms with Crippen molar-refractivity contribution in [1.82, 2.24) is 0 Å². The second-order valence-corrected chi connectivity index (χ2v) is 9.95. The SMILES string of the molecule is Cc1cc(C2CCCCC2)cc(-c2c3ccc(C4CCCC4)cc3cc[n+]2C)c1C. The minimum Gasteiger partial charge on any atom is -0.200 e. The van der Waals surface area contributed by atoms with Crippen molar-refractivity contribution in [3.05, 3.63) is 64.8 Å². The molecule has 3 aromatic rings. The predicted octanol–water partition coefficient (Wildman–Crippen LogP) is 7.65. The Kier molecular flexibility index (Phi) is 5.39. The van der Waals surface area contributed by atoms with E-state index in [2.05, 4.69) is 68.1 Å². The first-order valence-corrected chi connectivity index (χ1v) is 12.2. The summed E-state index contributed by atoms with van der Waals surface area (Å²) < 4.78 is 2.34. The van der Waals surface area contributed by atoms with E-state index in [1.54, 1.807) is 11.1 Å². The third-order valence-corrected chi connectivity index (χ3v) is 8.01. The molecule has 0 unspecified atom stereocenters. The van der Waals surface area contributed by atoms with Crippen LogP contribution in [-0.4, -0.2) is 0 Å². The van der Waals surface area contributed by atoms with Crippen molar-refractivity contribution in [2.45, 2.75) is 83.5 Å². The van der Waals surface area contributed by atoms with Crippen LogP contribution in [0, 0.1) is 13.8 Å². The molecule has 30 heavy (non-hydrogen) atoms. The lowest BCUT2D eigenvalue weighted by Crippen LogP contribution is -2.31. The molecule has 1 aromatic heterocycles. The summed E-state index contributed by atoms with van der Waals surface area (Å²) in [6.45, 7) is 4.61. The largest absolute Gasteiger partial charge is 0.220 e. The second kappa shape index (κ2) is 8.17. The molecule has 0 amide bonds. The summed E-state index contributed by atoms with van der Waals surface area (Å²) in [5.74, 6) is 1.51. The van der Waals surface area contributed by atoms with E-state index in [1.807, 2.05) is 0 Å². The normalized spacial score (nSPS) is 18.4. The van der Waals surface area contributed by atoms with E-state index < -0.39 is 0 Å². The van der Waals surface area contributed by atoms with Crippen LogP contribution in [0.5, 0.6) is 0 Å². The molecule has 1 heterocycles. The van der Waals surface area contributed by atoms with Crippen LogP contribution in [0.1, 0.15) is 91.9 Å². The van der Waals surface area contributed by atoms with Crippen LogP contribution < -0.4 is 4.57 Å². The molecule has 5 rings (SSSR count). The number of pyridine rings is 1. The van der Waals surface area contributed by atoms with E-state index in [0.29, 0.717) is 0 Å². The van der Waals surface area contributed by atoms with Gasteiger partial charge in [0.05, 0.1) is 10.9 Å². The van der Waals surface area contributed by atoms with Gasteiger partial charge in [0.25, 0.3) is 0 Å². The van der Waals surface area contributed by atoms with E-state index >= 15 is 0 Å². The van der Waals surface area contributed by atoms with Gasteiger partial charge in [-0.2, -0.15) is 0 Å². The zero-order chi connectivity index (χ0) is 20.7. The van der Waals surface area contributed by atoms with Crippen molar-refractivity contribution in [3.63, 3.8) is 0 Å². The fourth-order valence-corrected chi connectivity index (χ4v) is 6.04. The first kappa shape index (κ1) is 19.8. The molecule has 0 saturated heterocycles. The highest BCUT2D eigenvalue weighted by Gasteiger charge is 2.23. The highest BCUT2D eigenvalue weighted by molar-refractivity contribution is 5.94. The summed E-state index contributed by atoms with van der Waals surface area (Å²) in [6, 6.07) is 14.6. The molecular weight excluding hydrogens is 362 g/mol. The third kappa shape index (κ3) is 3.57. The number of benzene rings is 2. The molecular formula is C29H36N+. The van der Waals surface area contributed by atoms with Crippen LogP contribution in [0.15, 0.2) is 42.6 Å². The maximum absolute atomic E-state index is 2.53. The number of rotatable bonds is 3. The zero-order valence-corrected chi connectivity index (χ0v) is 19.0. The maximum atomic E-state index is 2.53. The van der Waals surface area contributed by atoms with Gasteiger partial charge in [-0.1, -0.05) is 50.3 Å². The van der Waals surface area contributed by atoms with Gasteiger partial charge in [0, 0.05) is 6.07 Å². The van der Waals surface area contributed by atoms with E-state index in [0.717, 1.165) is 11.8 Å². The van der Waals surface area contributed by atoms with E-state index in [-0.39, 0.29) is 0 Å². The van der Waals surface area contributed by atoms with Crippen molar-refractivity contribution in [2.24, 2.45) is 7.05 Å². The Hall–Kier alpha value is -2.15. The Bertz CT molecular complexity index is 1070. The average Bonchev–Trinajstić information content (AvgIpc) is 3.31. The van der Waals surface area contributed by atoms with Crippen molar-refractivity contribution in [3.8, 4) is 11.3 Å². The van der Waals surface area contributed by atoms with Gasteiger partial charge in [0.2, 0.25) is 5.69 Å². The van der Waals surface area contributed by atoms with Gasteiger partial charge in [0.1, 0.15) is 7.05 Å². The van der Waals surface area contributed by atoms with E-state index in [9.17, 15) is 0 Å². The lowest BCUT2D eigenvalue weighted by Gasteiger charge is -2.23. The molecule has 0 atom stereocenters. The number of hydrogen-bond donors (Lipinski definition) is 0. The Balaban J connectivity index is 1.64. The minimum absolute atomic E-state index is 0.742. The number of aromatic nitrogens is 1. The van der Waals surface area contributed by atoms with Crippen LogP contribution in [-0.2, 0) is 7.05 Å². The fraction of sp³-hybridized carbons (Fsp3) is 0.483. The zero-order valence-electron chi connectivity index (χ0n) is 19.0. The average molecular weight is 399 g/mol. The van der Waals surface area contributed by atoms with Gasteiger partial charge in [-0.05, 0) is 91.1 Å². The van der Waals surface area contributed by atoms with Gasteiger partial charge in [-0.15, -0.1) is 0 Å². The first-order valence-electron chi connectivity index (χ1n) is 12.2. The number of aryl methyl sites for hydroxylation is 2. The number of fused-ring (bicyclic) bond motifs is 1. The van der Waals surface area contributed by atoms with E-state index in [1.165, 1.54) is 90.9 Å². The van der Waals surface area contributed by atoms with Gasteiger partial charge >= 0.3 is 0 Å². The highest BCUT2D eigenvalue weighted by atomic mass is 14.9. The lowest BCUT2D eigenvalue weighted by molar-refractivity contribution is -0.659. The predicted molar refractivity (Wildman–Crippen MR) is 127 cm³/mol. The second-order valence-electron chi connectivity index (χ2n) is 9.95. The van der Waals surface area contributed by atoms with Crippen LogP contribution in [0.3, 0.4) is 0 Å². The quantitative estimate of drug-likeness (QED) is 0.399. The monoisotopic (exact) mass is 398 g/mol. The smallest absolute Gasteiger partial charge is 0.200 e. The molecule has 0 spiro atoms. The number of hydrogen-bond acceptors (Lipinski definition) is 0. The van der Waals surface area contributed by atoms with Crippen LogP contribution in [0.4, 0.5) is 0 Å². The molecule has 1 heteroatoms. The summed E-state index contributed by atoms with van der Waals surface area (Å²) in [6.07, 6.45) is 14.7. The minimum atomic E-state index is 0.742. The maximum Gasteiger partial charge on any atom is 0.220 e. The van der Waals surface area contributed by atoms with Gasteiger partial charge in [-0.3, -0.25) is 0 Å². The van der Waals surface area contributed by atoms with Gasteiger partial charge in [-0.25, -0.2) is 4.57 Å². The Labute approximate surface area is 182 Å². The summed E-state index contributed by atoms with van der Waals surface area (Å²) in [4.78, 5) is 0. The van der Waals surface area contributed by atoms with Gasteiger partial charge in [0.15, 0.2) is 6.20 Å². The summed E-state index contributed by atoms with van der Waals surface area (Å²) >= 11 is 0. The molecule has 2 aliphatic carbocycles. The Morgan fingerprint density at radius 3 is 2.13 bits per heavy atom.